The molecule has 8 heteroatoms. The number of hydrogen-bond acceptors (Lipinski definition) is 3. The summed E-state index contributed by atoms with van der Waals surface area (Å²) in [5, 5.41) is 9.79. The molecule has 0 aliphatic rings. The first-order chi connectivity index (χ1) is 8.86. The van der Waals surface area contributed by atoms with Gasteiger partial charge in [0.15, 0.2) is 18.1 Å². The van der Waals surface area contributed by atoms with Crippen molar-refractivity contribution in [3.05, 3.63) is 35.6 Å². The van der Waals surface area contributed by atoms with Gasteiger partial charge in [-0.15, -0.1) is 11.3 Å². The lowest BCUT2D eigenvalue weighted by Crippen LogP contribution is -2.36. The van der Waals surface area contributed by atoms with Crippen LogP contribution in [0.2, 0.25) is 0 Å². The van der Waals surface area contributed by atoms with Crippen LogP contribution in [-0.4, -0.2) is 16.1 Å². The van der Waals surface area contributed by atoms with Crippen LogP contribution >= 0.6 is 11.3 Å². The Kier molecular flexibility index (Phi) is 3.52. The molecular weight excluding hydrogens is 281 g/mol. The summed E-state index contributed by atoms with van der Waals surface area (Å²) in [6.45, 7) is -0.202. The van der Waals surface area contributed by atoms with Crippen LogP contribution in [-0.2, 0) is 17.5 Å². The molecule has 2 aromatic heterocycles. The average molecular weight is 289 g/mol. The van der Waals surface area contributed by atoms with Gasteiger partial charge in [-0.3, -0.25) is 0 Å². The van der Waals surface area contributed by atoms with Crippen molar-refractivity contribution in [1.29, 1.82) is 0 Å². The Balaban J connectivity index is 2.23. The van der Waals surface area contributed by atoms with Gasteiger partial charge in [-0.25, -0.2) is 9.78 Å². The molecule has 0 bridgehead atoms. The van der Waals surface area contributed by atoms with Gasteiger partial charge in [0.2, 0.25) is 6.54 Å². The molecule has 0 aromatic carbocycles. The Bertz CT molecular complexity index is 593. The van der Waals surface area contributed by atoms with Crippen molar-refractivity contribution in [2.75, 3.05) is 0 Å². The standard InChI is InChI=1S/C11H7F3N2O2S/c12-11(13,14)8-6-19-10(15-8)7-1-3-16(4-2-7)5-9(17)18/h1-4,6H,5H2/p+1. The van der Waals surface area contributed by atoms with E-state index in [-0.39, 0.29) is 11.6 Å². The molecule has 19 heavy (non-hydrogen) atoms. The number of rotatable bonds is 3. The average Bonchev–Trinajstić information content (AvgIpc) is 2.78. The van der Waals surface area contributed by atoms with Crippen molar-refractivity contribution in [2.24, 2.45) is 0 Å². The molecule has 0 amide bonds. The highest BCUT2D eigenvalue weighted by Crippen LogP contribution is 2.33. The first-order valence-corrected chi connectivity index (χ1v) is 5.98. The fourth-order valence-electron chi connectivity index (χ4n) is 1.40. The second kappa shape index (κ2) is 4.96. The third kappa shape index (κ3) is 3.28. The van der Waals surface area contributed by atoms with Crippen molar-refractivity contribution in [3.8, 4) is 10.6 Å². The summed E-state index contributed by atoms with van der Waals surface area (Å²) in [6, 6.07) is 3.06. The molecule has 1 N–H and O–H groups in total. The Morgan fingerprint density at radius 1 is 1.37 bits per heavy atom. The third-order valence-corrected chi connectivity index (χ3v) is 3.14. The molecule has 0 radical (unpaired) electrons. The minimum atomic E-state index is -4.45. The maximum atomic E-state index is 12.4. The van der Waals surface area contributed by atoms with Crippen LogP contribution in [0.1, 0.15) is 5.69 Å². The van der Waals surface area contributed by atoms with Crippen LogP contribution in [0.15, 0.2) is 29.9 Å². The molecule has 100 valence electrons. The fraction of sp³-hybridized carbons (Fsp3) is 0.182. The topological polar surface area (TPSA) is 54.1 Å². The van der Waals surface area contributed by atoms with Crippen LogP contribution < -0.4 is 4.57 Å². The quantitative estimate of drug-likeness (QED) is 0.881. The lowest BCUT2D eigenvalue weighted by Gasteiger charge is -2.00. The molecule has 0 fully saturated rings. The van der Waals surface area contributed by atoms with Gasteiger partial charge in [-0.1, -0.05) is 0 Å². The van der Waals surface area contributed by atoms with E-state index in [2.05, 4.69) is 4.98 Å². The number of thiazole rings is 1. The molecule has 0 saturated heterocycles. The van der Waals surface area contributed by atoms with E-state index in [0.717, 1.165) is 16.7 Å². The fourth-order valence-corrected chi connectivity index (χ4v) is 2.23. The number of pyridine rings is 1. The highest BCUT2D eigenvalue weighted by atomic mass is 32.1. The molecule has 2 aromatic rings. The van der Waals surface area contributed by atoms with Crippen LogP contribution in [0.5, 0.6) is 0 Å². The van der Waals surface area contributed by atoms with Gasteiger partial charge in [0.1, 0.15) is 5.01 Å². The van der Waals surface area contributed by atoms with Gasteiger partial charge in [-0.05, 0) is 0 Å². The number of carboxylic acid groups (broad SMARTS) is 1. The van der Waals surface area contributed by atoms with Crippen molar-refractivity contribution in [1.82, 2.24) is 4.98 Å². The first-order valence-electron chi connectivity index (χ1n) is 5.10. The molecule has 4 nitrogen and oxygen atoms in total. The van der Waals surface area contributed by atoms with E-state index in [0.29, 0.717) is 5.56 Å². The number of carbonyl (C=O) groups is 1. The zero-order chi connectivity index (χ0) is 14.0. The van der Waals surface area contributed by atoms with Crippen molar-refractivity contribution in [2.45, 2.75) is 12.7 Å². The largest absolute Gasteiger partial charge is 0.477 e. The number of carboxylic acids is 1. The summed E-state index contributed by atoms with van der Waals surface area (Å²) >= 11 is 0.893. The SMILES string of the molecule is O=C(O)C[n+]1ccc(-c2nc(C(F)(F)F)cs2)cc1. The van der Waals surface area contributed by atoms with E-state index in [1.807, 2.05) is 0 Å². The Morgan fingerprint density at radius 3 is 2.47 bits per heavy atom. The smallest absolute Gasteiger partial charge is 0.434 e. The zero-order valence-electron chi connectivity index (χ0n) is 9.39. The highest BCUT2D eigenvalue weighted by Gasteiger charge is 2.33. The van der Waals surface area contributed by atoms with Gasteiger partial charge < -0.3 is 5.11 Å². The summed E-state index contributed by atoms with van der Waals surface area (Å²) in [6.07, 6.45) is -1.48. The Morgan fingerprint density at radius 2 is 2.00 bits per heavy atom. The lowest BCUT2D eigenvalue weighted by atomic mass is 10.3. The van der Waals surface area contributed by atoms with Crippen molar-refractivity contribution < 1.29 is 27.6 Å². The molecule has 0 saturated carbocycles. The zero-order valence-corrected chi connectivity index (χ0v) is 10.2. The lowest BCUT2D eigenvalue weighted by molar-refractivity contribution is -0.685. The number of aromatic nitrogens is 2. The summed E-state index contributed by atoms with van der Waals surface area (Å²) in [4.78, 5) is 14.0. The predicted molar refractivity (Wildman–Crippen MR) is 60.4 cm³/mol. The number of alkyl halides is 3. The molecule has 0 spiro atoms. The van der Waals surface area contributed by atoms with Crippen molar-refractivity contribution in [3.63, 3.8) is 0 Å². The number of aliphatic carboxylic acids is 1. The second-order valence-electron chi connectivity index (χ2n) is 3.69. The van der Waals surface area contributed by atoms with Crippen LogP contribution in [0.4, 0.5) is 13.2 Å². The molecule has 0 atom stereocenters. The maximum absolute atomic E-state index is 12.4. The van der Waals surface area contributed by atoms with Gasteiger partial charge in [0.05, 0.1) is 0 Å². The summed E-state index contributed by atoms with van der Waals surface area (Å²) < 4.78 is 38.6. The van der Waals surface area contributed by atoms with Gasteiger partial charge in [0.25, 0.3) is 0 Å². The molecular formula is C11H8F3N2O2S+. The van der Waals surface area contributed by atoms with E-state index in [9.17, 15) is 18.0 Å². The van der Waals surface area contributed by atoms with Crippen molar-refractivity contribution >= 4 is 17.3 Å². The van der Waals surface area contributed by atoms with Gasteiger partial charge >= 0.3 is 12.1 Å². The summed E-state index contributed by atoms with van der Waals surface area (Å²) in [5.74, 6) is -0.994. The van der Waals surface area contributed by atoms with Crippen LogP contribution in [0.25, 0.3) is 10.6 Å². The minimum Gasteiger partial charge on any atom is -0.477 e. The van der Waals surface area contributed by atoms with E-state index in [1.165, 1.54) is 29.1 Å². The summed E-state index contributed by atoms with van der Waals surface area (Å²) in [7, 11) is 0. The van der Waals surface area contributed by atoms with Crippen LogP contribution in [0.3, 0.4) is 0 Å². The van der Waals surface area contributed by atoms with Crippen LogP contribution in [0, 0.1) is 0 Å². The van der Waals surface area contributed by atoms with E-state index >= 15 is 0 Å². The van der Waals surface area contributed by atoms with E-state index in [4.69, 9.17) is 5.11 Å². The molecule has 0 unspecified atom stereocenters. The molecule has 0 aliphatic carbocycles. The van der Waals surface area contributed by atoms with Gasteiger partial charge in [0, 0.05) is 23.1 Å². The van der Waals surface area contributed by atoms with E-state index < -0.39 is 17.8 Å². The number of nitrogens with zero attached hydrogens (tertiary/aromatic N) is 2. The first kappa shape index (κ1) is 13.5. The molecule has 2 rings (SSSR count). The normalized spacial score (nSPS) is 11.5. The predicted octanol–water partition coefficient (Wildman–Crippen LogP) is 2.20. The summed E-state index contributed by atoms with van der Waals surface area (Å²) in [5.41, 5.74) is -0.406. The number of hydrogen-bond donors (Lipinski definition) is 1. The molecule has 2 heterocycles. The van der Waals surface area contributed by atoms with Gasteiger partial charge in [-0.2, -0.15) is 17.7 Å². The number of halogens is 3. The highest BCUT2D eigenvalue weighted by molar-refractivity contribution is 7.13. The van der Waals surface area contributed by atoms with E-state index in [1.54, 1.807) is 0 Å². The second-order valence-corrected chi connectivity index (χ2v) is 4.55. The monoisotopic (exact) mass is 289 g/mol. The minimum absolute atomic E-state index is 0.202. The third-order valence-electron chi connectivity index (χ3n) is 2.25. The Hall–Kier alpha value is -1.96. The maximum Gasteiger partial charge on any atom is 0.434 e. The molecule has 0 aliphatic heterocycles. The Labute approximate surface area is 109 Å².